The lowest BCUT2D eigenvalue weighted by Gasteiger charge is -2.17. The standard InChI is InChI=1S/C14H20BrN3O/c1-3-7-16-12(11-6-10-19-14(11)15)4-5-13-17-8-9-18(13)2/h6,8-10,12,16H,3-5,7H2,1-2H3. The second-order valence-electron chi connectivity index (χ2n) is 4.65. The Morgan fingerprint density at radius 1 is 1.53 bits per heavy atom. The van der Waals surface area contributed by atoms with E-state index >= 15 is 0 Å². The Morgan fingerprint density at radius 2 is 2.37 bits per heavy atom. The number of furan rings is 1. The molecule has 0 saturated heterocycles. The van der Waals surface area contributed by atoms with Gasteiger partial charge in [-0.3, -0.25) is 0 Å². The zero-order valence-electron chi connectivity index (χ0n) is 11.4. The summed E-state index contributed by atoms with van der Waals surface area (Å²) in [5.41, 5.74) is 1.18. The third-order valence-corrected chi connectivity index (χ3v) is 3.88. The summed E-state index contributed by atoms with van der Waals surface area (Å²) >= 11 is 3.46. The maximum atomic E-state index is 5.34. The number of imidazole rings is 1. The second-order valence-corrected chi connectivity index (χ2v) is 5.37. The summed E-state index contributed by atoms with van der Waals surface area (Å²) in [4.78, 5) is 4.37. The van der Waals surface area contributed by atoms with E-state index in [1.54, 1.807) is 6.26 Å². The SMILES string of the molecule is CCCNC(CCc1nccn1C)c1ccoc1Br. The fourth-order valence-corrected chi connectivity index (χ4v) is 2.67. The van der Waals surface area contributed by atoms with Gasteiger partial charge in [0.2, 0.25) is 0 Å². The van der Waals surface area contributed by atoms with Crippen molar-refractivity contribution in [1.82, 2.24) is 14.9 Å². The van der Waals surface area contributed by atoms with Crippen molar-refractivity contribution in [3.05, 3.63) is 40.8 Å². The van der Waals surface area contributed by atoms with Gasteiger partial charge in [0.15, 0.2) is 4.67 Å². The molecule has 0 aliphatic heterocycles. The highest BCUT2D eigenvalue weighted by Crippen LogP contribution is 2.27. The third kappa shape index (κ3) is 3.70. The number of nitrogens with zero attached hydrogens (tertiary/aromatic N) is 2. The minimum atomic E-state index is 0.296. The second kappa shape index (κ2) is 6.91. The fraction of sp³-hybridized carbons (Fsp3) is 0.500. The van der Waals surface area contributed by atoms with Crippen LogP contribution < -0.4 is 5.32 Å². The molecule has 1 atom stereocenters. The minimum Gasteiger partial charge on any atom is -0.457 e. The van der Waals surface area contributed by atoms with Gasteiger partial charge in [-0.15, -0.1) is 0 Å². The van der Waals surface area contributed by atoms with Gasteiger partial charge in [-0.2, -0.15) is 0 Å². The molecular weight excluding hydrogens is 306 g/mol. The molecule has 4 nitrogen and oxygen atoms in total. The molecule has 2 heterocycles. The van der Waals surface area contributed by atoms with Crippen molar-refractivity contribution in [2.24, 2.45) is 7.05 Å². The van der Waals surface area contributed by atoms with E-state index in [0.29, 0.717) is 6.04 Å². The summed E-state index contributed by atoms with van der Waals surface area (Å²) in [5, 5.41) is 3.57. The van der Waals surface area contributed by atoms with Crippen LogP contribution in [-0.4, -0.2) is 16.1 Å². The molecule has 1 N–H and O–H groups in total. The van der Waals surface area contributed by atoms with Crippen LogP contribution in [0.15, 0.2) is 33.8 Å². The van der Waals surface area contributed by atoms with E-state index in [2.05, 4.69) is 37.7 Å². The van der Waals surface area contributed by atoms with E-state index in [0.717, 1.165) is 36.3 Å². The molecule has 0 aromatic carbocycles. The number of halogens is 1. The van der Waals surface area contributed by atoms with Gasteiger partial charge in [0.25, 0.3) is 0 Å². The average molecular weight is 326 g/mol. The maximum absolute atomic E-state index is 5.34. The maximum Gasteiger partial charge on any atom is 0.173 e. The monoisotopic (exact) mass is 325 g/mol. The van der Waals surface area contributed by atoms with E-state index in [-0.39, 0.29) is 0 Å². The lowest BCUT2D eigenvalue weighted by Crippen LogP contribution is -2.23. The lowest BCUT2D eigenvalue weighted by atomic mass is 10.0. The first-order valence-corrected chi connectivity index (χ1v) is 7.44. The van der Waals surface area contributed by atoms with Crippen LogP contribution in [0.2, 0.25) is 0 Å². The molecule has 19 heavy (non-hydrogen) atoms. The highest BCUT2D eigenvalue weighted by Gasteiger charge is 2.16. The number of hydrogen-bond donors (Lipinski definition) is 1. The van der Waals surface area contributed by atoms with Crippen LogP contribution >= 0.6 is 15.9 Å². The van der Waals surface area contributed by atoms with Crippen LogP contribution in [0.25, 0.3) is 0 Å². The molecule has 104 valence electrons. The van der Waals surface area contributed by atoms with Crippen LogP contribution in [0.4, 0.5) is 0 Å². The van der Waals surface area contributed by atoms with Crippen molar-refractivity contribution in [3.8, 4) is 0 Å². The quantitative estimate of drug-likeness (QED) is 0.847. The molecule has 0 saturated carbocycles. The molecule has 0 fully saturated rings. The summed E-state index contributed by atoms with van der Waals surface area (Å²) in [6, 6.07) is 2.32. The molecular formula is C14H20BrN3O. The van der Waals surface area contributed by atoms with Crippen molar-refractivity contribution in [1.29, 1.82) is 0 Å². The molecule has 2 aromatic heterocycles. The Balaban J connectivity index is 2.02. The van der Waals surface area contributed by atoms with Crippen molar-refractivity contribution >= 4 is 15.9 Å². The molecule has 2 rings (SSSR count). The minimum absolute atomic E-state index is 0.296. The topological polar surface area (TPSA) is 43.0 Å². The van der Waals surface area contributed by atoms with Crippen molar-refractivity contribution in [2.75, 3.05) is 6.54 Å². The van der Waals surface area contributed by atoms with Crippen LogP contribution in [0.1, 0.15) is 37.2 Å². The molecule has 5 heteroatoms. The zero-order chi connectivity index (χ0) is 13.7. The van der Waals surface area contributed by atoms with E-state index in [9.17, 15) is 0 Å². The van der Waals surface area contributed by atoms with Crippen LogP contribution in [-0.2, 0) is 13.5 Å². The van der Waals surface area contributed by atoms with Gasteiger partial charge in [0, 0.05) is 37.5 Å². The van der Waals surface area contributed by atoms with Crippen molar-refractivity contribution in [2.45, 2.75) is 32.2 Å². The summed E-state index contributed by atoms with van der Waals surface area (Å²) < 4.78 is 8.23. The summed E-state index contributed by atoms with van der Waals surface area (Å²) in [6.07, 6.45) is 8.62. The molecule has 0 bridgehead atoms. The van der Waals surface area contributed by atoms with Crippen LogP contribution in [0.5, 0.6) is 0 Å². The van der Waals surface area contributed by atoms with Gasteiger partial charge in [-0.1, -0.05) is 6.92 Å². The number of aromatic nitrogens is 2. The molecule has 1 unspecified atom stereocenters. The Kier molecular flexibility index (Phi) is 5.22. The molecule has 0 radical (unpaired) electrons. The van der Waals surface area contributed by atoms with Gasteiger partial charge in [0.05, 0.1) is 6.26 Å². The number of aryl methyl sites for hydroxylation is 2. The smallest absolute Gasteiger partial charge is 0.173 e. The predicted molar refractivity (Wildman–Crippen MR) is 79.0 cm³/mol. The van der Waals surface area contributed by atoms with Crippen LogP contribution in [0, 0.1) is 0 Å². The predicted octanol–water partition coefficient (Wildman–Crippen LogP) is 3.45. The van der Waals surface area contributed by atoms with Crippen molar-refractivity contribution in [3.63, 3.8) is 0 Å². The summed E-state index contributed by atoms with van der Waals surface area (Å²) in [7, 11) is 2.03. The highest BCUT2D eigenvalue weighted by molar-refractivity contribution is 9.10. The summed E-state index contributed by atoms with van der Waals surface area (Å²) in [5.74, 6) is 1.11. The first-order valence-electron chi connectivity index (χ1n) is 6.64. The normalized spacial score (nSPS) is 12.8. The first kappa shape index (κ1) is 14.3. The number of hydrogen-bond acceptors (Lipinski definition) is 3. The summed E-state index contributed by atoms with van der Waals surface area (Å²) in [6.45, 7) is 3.18. The fourth-order valence-electron chi connectivity index (χ4n) is 2.15. The van der Waals surface area contributed by atoms with E-state index in [1.165, 1.54) is 5.56 Å². The molecule has 0 aliphatic rings. The Bertz CT molecular complexity index is 506. The number of nitrogens with one attached hydrogen (secondary N) is 1. The Hall–Kier alpha value is -1.07. The lowest BCUT2D eigenvalue weighted by molar-refractivity contribution is 0.473. The van der Waals surface area contributed by atoms with Gasteiger partial charge in [0.1, 0.15) is 5.82 Å². The molecule has 0 aliphatic carbocycles. The Labute approximate surface area is 122 Å². The first-order chi connectivity index (χ1) is 9.22. The highest BCUT2D eigenvalue weighted by atomic mass is 79.9. The van der Waals surface area contributed by atoms with E-state index in [1.807, 2.05) is 25.5 Å². The van der Waals surface area contributed by atoms with E-state index in [4.69, 9.17) is 4.42 Å². The van der Waals surface area contributed by atoms with Gasteiger partial charge in [-0.25, -0.2) is 4.98 Å². The third-order valence-electron chi connectivity index (χ3n) is 3.24. The zero-order valence-corrected chi connectivity index (χ0v) is 13.0. The molecule has 0 spiro atoms. The van der Waals surface area contributed by atoms with Crippen molar-refractivity contribution < 1.29 is 4.42 Å². The average Bonchev–Trinajstić information content (AvgIpc) is 2.99. The number of rotatable bonds is 7. The Morgan fingerprint density at radius 3 is 2.95 bits per heavy atom. The molecule has 0 amide bonds. The van der Waals surface area contributed by atoms with Gasteiger partial charge in [-0.05, 0) is 41.4 Å². The largest absolute Gasteiger partial charge is 0.457 e. The van der Waals surface area contributed by atoms with Crippen LogP contribution in [0.3, 0.4) is 0 Å². The van der Waals surface area contributed by atoms with Gasteiger partial charge >= 0.3 is 0 Å². The van der Waals surface area contributed by atoms with E-state index < -0.39 is 0 Å². The van der Waals surface area contributed by atoms with Gasteiger partial charge < -0.3 is 14.3 Å². The molecule has 2 aromatic rings.